The van der Waals surface area contributed by atoms with Gasteiger partial charge in [0, 0.05) is 50.7 Å². The van der Waals surface area contributed by atoms with E-state index in [9.17, 15) is 9.90 Å². The van der Waals surface area contributed by atoms with Gasteiger partial charge in [-0.1, -0.05) is 18.2 Å². The van der Waals surface area contributed by atoms with Crippen LogP contribution in [0.2, 0.25) is 0 Å². The molecule has 1 atom stereocenters. The first-order valence-corrected chi connectivity index (χ1v) is 12.7. The summed E-state index contributed by atoms with van der Waals surface area (Å²) in [6.07, 6.45) is 7.38. The molecule has 36 heavy (non-hydrogen) atoms. The lowest BCUT2D eigenvalue weighted by molar-refractivity contribution is -0.137. The maximum atomic E-state index is 12.1. The van der Waals surface area contributed by atoms with Crippen LogP contribution in [0.3, 0.4) is 0 Å². The minimum Gasteiger partial charge on any atom is -0.439 e. The highest BCUT2D eigenvalue weighted by molar-refractivity contribution is 5.89. The van der Waals surface area contributed by atoms with Crippen LogP contribution in [0.1, 0.15) is 30.4 Å². The SMILES string of the molecule is O=C1[C@@H](O)CCN1C1CCN(Cc2ccc3cc(Oc4ccc(C5=CC=NC5)cn4)ccc3c2)CC1. The number of aliphatic hydroxyl groups is 1. The van der Waals surface area contributed by atoms with Crippen molar-refractivity contribution in [3.63, 3.8) is 0 Å². The van der Waals surface area contributed by atoms with Crippen molar-refractivity contribution in [3.8, 4) is 11.6 Å². The number of allylic oxidation sites excluding steroid dienone is 1. The minimum absolute atomic E-state index is 0.0871. The summed E-state index contributed by atoms with van der Waals surface area (Å²) in [6, 6.07) is 16.9. The fraction of sp³-hybridized carbons (Fsp3) is 0.345. The quantitative estimate of drug-likeness (QED) is 0.574. The van der Waals surface area contributed by atoms with Gasteiger partial charge in [-0.05, 0) is 77.1 Å². The van der Waals surface area contributed by atoms with Crippen LogP contribution < -0.4 is 4.74 Å². The molecule has 0 bridgehead atoms. The lowest BCUT2D eigenvalue weighted by atomic mass is 10.0. The fourth-order valence-corrected chi connectivity index (χ4v) is 5.42. The van der Waals surface area contributed by atoms with E-state index < -0.39 is 6.10 Å². The van der Waals surface area contributed by atoms with Crippen molar-refractivity contribution in [2.45, 2.75) is 38.0 Å². The summed E-state index contributed by atoms with van der Waals surface area (Å²) in [5.41, 5.74) is 3.52. The number of aliphatic hydroxyl groups excluding tert-OH is 1. The summed E-state index contributed by atoms with van der Waals surface area (Å²) in [7, 11) is 0. The molecule has 0 radical (unpaired) electrons. The first-order chi connectivity index (χ1) is 17.6. The number of amides is 1. The molecule has 2 aromatic carbocycles. The maximum Gasteiger partial charge on any atom is 0.251 e. The smallest absolute Gasteiger partial charge is 0.251 e. The number of hydrogen-bond acceptors (Lipinski definition) is 6. The third kappa shape index (κ3) is 4.76. The predicted molar refractivity (Wildman–Crippen MR) is 140 cm³/mol. The highest BCUT2D eigenvalue weighted by Crippen LogP contribution is 2.28. The van der Waals surface area contributed by atoms with Crippen LogP contribution in [0, 0.1) is 0 Å². The molecular formula is C29H30N4O3. The van der Waals surface area contributed by atoms with Crippen molar-refractivity contribution in [3.05, 3.63) is 71.9 Å². The summed E-state index contributed by atoms with van der Waals surface area (Å²) in [5.74, 6) is 1.25. The number of nitrogens with zero attached hydrogens (tertiary/aromatic N) is 4. The van der Waals surface area contributed by atoms with Crippen molar-refractivity contribution >= 4 is 28.5 Å². The molecule has 0 unspecified atom stereocenters. The molecule has 3 aromatic rings. The van der Waals surface area contributed by atoms with Crippen LogP contribution in [0.15, 0.2) is 65.8 Å². The van der Waals surface area contributed by atoms with E-state index in [-0.39, 0.29) is 11.9 Å². The van der Waals surface area contributed by atoms with Crippen molar-refractivity contribution < 1.29 is 14.6 Å². The van der Waals surface area contributed by atoms with E-state index in [0.29, 0.717) is 25.4 Å². The number of fused-ring (bicyclic) bond motifs is 1. The van der Waals surface area contributed by atoms with Crippen molar-refractivity contribution in [1.29, 1.82) is 0 Å². The summed E-state index contributed by atoms with van der Waals surface area (Å²) >= 11 is 0. The number of aromatic nitrogens is 1. The Labute approximate surface area is 210 Å². The molecule has 3 aliphatic rings. The zero-order chi connectivity index (χ0) is 24.5. The number of aliphatic imine (C=N–C) groups is 1. The van der Waals surface area contributed by atoms with Gasteiger partial charge in [0.05, 0.1) is 6.54 Å². The normalized spacial score (nSPS) is 20.9. The Kier molecular flexibility index (Phi) is 6.25. The number of carbonyl (C=O) groups excluding carboxylic acids is 1. The third-order valence-corrected chi connectivity index (χ3v) is 7.46. The molecule has 3 aliphatic heterocycles. The van der Waals surface area contributed by atoms with Gasteiger partial charge in [-0.25, -0.2) is 4.98 Å². The minimum atomic E-state index is -0.793. The lowest BCUT2D eigenvalue weighted by Gasteiger charge is -2.36. The average Bonchev–Trinajstić information content (AvgIpc) is 3.56. The molecule has 6 rings (SSSR count). The molecule has 4 heterocycles. The predicted octanol–water partition coefficient (Wildman–Crippen LogP) is 4.05. The third-order valence-electron chi connectivity index (χ3n) is 7.46. The Balaban J connectivity index is 1.06. The van der Waals surface area contributed by atoms with Gasteiger partial charge in [0.2, 0.25) is 5.88 Å². The summed E-state index contributed by atoms with van der Waals surface area (Å²) < 4.78 is 6.01. The molecule has 184 valence electrons. The molecule has 1 amide bonds. The molecule has 1 aromatic heterocycles. The second-order valence-corrected chi connectivity index (χ2v) is 9.86. The Morgan fingerprint density at radius 1 is 0.972 bits per heavy atom. The average molecular weight is 483 g/mol. The first kappa shape index (κ1) is 22.9. The van der Waals surface area contributed by atoms with Gasteiger partial charge in [-0.15, -0.1) is 0 Å². The van der Waals surface area contributed by atoms with Gasteiger partial charge >= 0.3 is 0 Å². The van der Waals surface area contributed by atoms with Gasteiger partial charge < -0.3 is 14.7 Å². The molecule has 2 saturated heterocycles. The van der Waals surface area contributed by atoms with Gasteiger partial charge in [0.25, 0.3) is 5.91 Å². The second-order valence-electron chi connectivity index (χ2n) is 9.86. The van der Waals surface area contributed by atoms with E-state index in [4.69, 9.17) is 4.74 Å². The topological polar surface area (TPSA) is 78.3 Å². The Morgan fingerprint density at radius 3 is 2.53 bits per heavy atom. The summed E-state index contributed by atoms with van der Waals surface area (Å²) in [6.45, 7) is 4.22. The summed E-state index contributed by atoms with van der Waals surface area (Å²) in [4.78, 5) is 25.2. The number of carbonyl (C=O) groups is 1. The van der Waals surface area contributed by atoms with Crippen LogP contribution in [-0.4, -0.2) is 70.3 Å². The van der Waals surface area contributed by atoms with Gasteiger partial charge in [0.1, 0.15) is 11.9 Å². The molecule has 2 fully saturated rings. The van der Waals surface area contributed by atoms with Crippen molar-refractivity contribution in [1.82, 2.24) is 14.8 Å². The fourth-order valence-electron chi connectivity index (χ4n) is 5.42. The number of piperidine rings is 1. The molecule has 7 nitrogen and oxygen atoms in total. The summed E-state index contributed by atoms with van der Waals surface area (Å²) in [5, 5.41) is 12.1. The maximum absolute atomic E-state index is 12.1. The van der Waals surface area contributed by atoms with Crippen LogP contribution in [0.25, 0.3) is 16.3 Å². The lowest BCUT2D eigenvalue weighted by Crippen LogP contribution is -2.46. The van der Waals surface area contributed by atoms with E-state index in [0.717, 1.165) is 49.2 Å². The van der Waals surface area contributed by atoms with Gasteiger partial charge in [-0.2, -0.15) is 0 Å². The standard InChI is InChI=1S/C29H30N4O3/c34-27-10-14-33(29(27)35)25-8-12-32(13-9-25)19-20-1-2-22-16-26(5-3-21(22)15-20)36-28-6-4-23(18-31-28)24-7-11-30-17-24/h1-7,11,15-16,18,25,27,34H,8-10,12-14,17,19H2/t27-/m0/s1. The van der Waals surface area contributed by atoms with E-state index in [1.165, 1.54) is 16.5 Å². The molecular weight excluding hydrogens is 452 g/mol. The molecule has 7 heteroatoms. The number of likely N-dealkylation sites (tertiary alicyclic amines) is 2. The Bertz CT molecular complexity index is 1330. The van der Waals surface area contributed by atoms with E-state index in [2.05, 4.69) is 45.2 Å². The highest BCUT2D eigenvalue weighted by Gasteiger charge is 2.35. The highest BCUT2D eigenvalue weighted by atomic mass is 16.5. The Morgan fingerprint density at radius 2 is 1.81 bits per heavy atom. The zero-order valence-electron chi connectivity index (χ0n) is 20.2. The first-order valence-electron chi connectivity index (χ1n) is 12.7. The van der Waals surface area contributed by atoms with Crippen LogP contribution in [-0.2, 0) is 11.3 Å². The van der Waals surface area contributed by atoms with E-state index in [1.807, 2.05) is 41.6 Å². The molecule has 1 N–H and O–H groups in total. The van der Waals surface area contributed by atoms with E-state index in [1.54, 1.807) is 0 Å². The number of pyridine rings is 1. The molecule has 0 spiro atoms. The van der Waals surface area contributed by atoms with E-state index >= 15 is 0 Å². The van der Waals surface area contributed by atoms with Crippen LogP contribution >= 0.6 is 0 Å². The number of rotatable bonds is 6. The molecule has 0 saturated carbocycles. The van der Waals surface area contributed by atoms with Gasteiger partial charge in [0.15, 0.2) is 0 Å². The van der Waals surface area contributed by atoms with Gasteiger partial charge in [-0.3, -0.25) is 14.7 Å². The van der Waals surface area contributed by atoms with Crippen LogP contribution in [0.4, 0.5) is 0 Å². The second kappa shape index (κ2) is 9.84. The van der Waals surface area contributed by atoms with Crippen molar-refractivity contribution in [2.75, 3.05) is 26.2 Å². The Hall–Kier alpha value is -3.55. The number of benzene rings is 2. The zero-order valence-corrected chi connectivity index (χ0v) is 20.2. The monoisotopic (exact) mass is 482 g/mol. The molecule has 0 aliphatic carbocycles. The van der Waals surface area contributed by atoms with Crippen LogP contribution in [0.5, 0.6) is 11.6 Å². The van der Waals surface area contributed by atoms with Crippen molar-refractivity contribution in [2.24, 2.45) is 4.99 Å². The largest absolute Gasteiger partial charge is 0.439 e. The number of ether oxygens (including phenoxy) is 1. The number of hydrogen-bond donors (Lipinski definition) is 1.